The molecule has 2 amide bonds. The van der Waals surface area contributed by atoms with Gasteiger partial charge in [-0.05, 0) is 63.0 Å². The number of fused-ring (bicyclic) bond motifs is 1. The van der Waals surface area contributed by atoms with E-state index >= 15 is 0 Å². The lowest BCUT2D eigenvalue weighted by molar-refractivity contribution is -0.127. The fraction of sp³-hybridized carbons (Fsp3) is 0.281. The second-order valence-electron chi connectivity index (χ2n) is 10.6. The Labute approximate surface area is 258 Å². The first-order valence-corrected chi connectivity index (χ1v) is 15.7. The largest absolute Gasteiger partial charge is 0.462 e. The van der Waals surface area contributed by atoms with Crippen LogP contribution in [0.4, 0.5) is 17.1 Å². The smallest absolute Gasteiger partial charge is 0.338 e. The number of amides is 2. The normalized spacial score (nSPS) is 13.6. The molecule has 0 saturated carbocycles. The van der Waals surface area contributed by atoms with Crippen LogP contribution in [-0.2, 0) is 24.3 Å². The molecule has 11 nitrogen and oxygen atoms in total. The Hall–Kier alpha value is -4.68. The number of nitrogens with zero attached hydrogens (tertiary/aromatic N) is 3. The molecule has 4 rings (SSSR count). The van der Waals surface area contributed by atoms with Gasteiger partial charge < -0.3 is 25.2 Å². The molecule has 12 heteroatoms. The highest BCUT2D eigenvalue weighted by Crippen LogP contribution is 2.38. The molecule has 0 aliphatic carbocycles. The second-order valence-corrected chi connectivity index (χ2v) is 12.6. The lowest BCUT2D eigenvalue weighted by Crippen LogP contribution is -2.42. The number of rotatable bonds is 12. The summed E-state index contributed by atoms with van der Waals surface area (Å²) in [6.45, 7) is 1.93. The number of ether oxygens (including phenoxy) is 1. The van der Waals surface area contributed by atoms with Crippen molar-refractivity contribution in [2.75, 3.05) is 68.6 Å². The van der Waals surface area contributed by atoms with Gasteiger partial charge in [-0.3, -0.25) is 13.9 Å². The van der Waals surface area contributed by atoms with Crippen molar-refractivity contribution >= 4 is 56.1 Å². The summed E-state index contributed by atoms with van der Waals surface area (Å²) in [6, 6.07) is 20.9. The van der Waals surface area contributed by atoms with Crippen LogP contribution in [0.5, 0.6) is 0 Å². The van der Waals surface area contributed by atoms with Gasteiger partial charge in [0.1, 0.15) is 6.54 Å². The number of likely N-dealkylation sites (N-methyl/N-ethyl adjacent to an activating group) is 1. The van der Waals surface area contributed by atoms with Crippen molar-refractivity contribution in [1.82, 2.24) is 9.80 Å². The van der Waals surface area contributed by atoms with Gasteiger partial charge in [0.25, 0.3) is 5.91 Å². The molecule has 0 unspecified atom stereocenters. The van der Waals surface area contributed by atoms with Crippen LogP contribution in [-0.4, -0.2) is 89.6 Å². The molecule has 2 N–H and O–H groups in total. The zero-order valence-corrected chi connectivity index (χ0v) is 26.3. The number of hydrogen-bond donors (Lipinski definition) is 2. The van der Waals surface area contributed by atoms with Crippen molar-refractivity contribution in [1.29, 1.82) is 0 Å². The number of nitrogens with one attached hydrogen (secondary N) is 2. The van der Waals surface area contributed by atoms with E-state index in [1.165, 1.54) is 4.90 Å². The van der Waals surface area contributed by atoms with Crippen LogP contribution in [0.3, 0.4) is 0 Å². The lowest BCUT2D eigenvalue weighted by Gasteiger charge is -2.26. The number of sulfonamides is 1. The number of anilines is 3. The van der Waals surface area contributed by atoms with Gasteiger partial charge in [0, 0.05) is 31.9 Å². The van der Waals surface area contributed by atoms with E-state index in [0.717, 1.165) is 9.87 Å². The number of carbonyl (C=O) groups excluding carboxylic acids is 3. The Morgan fingerprint density at radius 3 is 2.20 bits per heavy atom. The number of esters is 1. The van der Waals surface area contributed by atoms with Crippen LogP contribution in [0.2, 0.25) is 0 Å². The molecule has 0 saturated heterocycles. The maximum absolute atomic E-state index is 13.3. The van der Waals surface area contributed by atoms with E-state index in [1.807, 2.05) is 30.3 Å². The standard InChI is InChI=1S/C32H37N5O6S/c1-6-43-32(40)23-12-17-26-27(20-23)34-31(39)29(26)30(22-10-8-7-9-11-22)33-24-13-15-25(16-14-24)37(21-28(38)36(4)5)44(41,42)19-18-35(2)3/h7-17,20,33H,6,18-19,21H2,1-5H3,(H,34,39). The van der Waals surface area contributed by atoms with Gasteiger partial charge in [-0.25, -0.2) is 13.2 Å². The molecular weight excluding hydrogens is 582 g/mol. The van der Waals surface area contributed by atoms with Gasteiger partial charge in [0.05, 0.1) is 40.6 Å². The molecule has 0 aromatic heterocycles. The van der Waals surface area contributed by atoms with Crippen LogP contribution >= 0.6 is 0 Å². The molecular formula is C32H37N5O6S. The third kappa shape index (κ3) is 7.44. The summed E-state index contributed by atoms with van der Waals surface area (Å²) >= 11 is 0. The van der Waals surface area contributed by atoms with E-state index in [4.69, 9.17) is 4.74 Å². The Kier molecular flexibility index (Phi) is 10.1. The van der Waals surface area contributed by atoms with Crippen LogP contribution in [0.25, 0.3) is 11.3 Å². The van der Waals surface area contributed by atoms with E-state index in [1.54, 1.807) is 82.5 Å². The highest BCUT2D eigenvalue weighted by atomic mass is 32.2. The minimum absolute atomic E-state index is 0.155. The molecule has 1 heterocycles. The van der Waals surface area contributed by atoms with E-state index in [0.29, 0.717) is 46.0 Å². The second kappa shape index (κ2) is 13.7. The summed E-state index contributed by atoms with van der Waals surface area (Å²) in [7, 11) is 2.91. The predicted molar refractivity (Wildman–Crippen MR) is 173 cm³/mol. The first-order chi connectivity index (χ1) is 20.9. The number of hydrogen-bond acceptors (Lipinski definition) is 8. The highest BCUT2D eigenvalue weighted by molar-refractivity contribution is 7.92. The van der Waals surface area contributed by atoms with E-state index in [2.05, 4.69) is 10.6 Å². The van der Waals surface area contributed by atoms with Crippen molar-refractivity contribution < 1.29 is 27.5 Å². The zero-order valence-electron chi connectivity index (χ0n) is 25.5. The minimum atomic E-state index is -3.82. The van der Waals surface area contributed by atoms with Crippen molar-refractivity contribution in [3.63, 3.8) is 0 Å². The van der Waals surface area contributed by atoms with Gasteiger partial charge in [-0.2, -0.15) is 0 Å². The minimum Gasteiger partial charge on any atom is -0.462 e. The Morgan fingerprint density at radius 2 is 1.59 bits per heavy atom. The van der Waals surface area contributed by atoms with Gasteiger partial charge in [0.15, 0.2) is 0 Å². The molecule has 3 aromatic carbocycles. The Morgan fingerprint density at radius 1 is 0.909 bits per heavy atom. The summed E-state index contributed by atoms with van der Waals surface area (Å²) in [6.07, 6.45) is 0. The SMILES string of the molecule is CCOC(=O)c1ccc2c(c1)NC(=O)C2=C(Nc1ccc(N(CC(=O)N(C)C)S(=O)(=O)CCN(C)C)cc1)c1ccccc1. The summed E-state index contributed by atoms with van der Waals surface area (Å²) in [5.74, 6) is -1.33. The molecule has 0 bridgehead atoms. The summed E-state index contributed by atoms with van der Waals surface area (Å²) in [4.78, 5) is 41.3. The zero-order chi connectivity index (χ0) is 32.0. The molecule has 0 spiro atoms. The summed E-state index contributed by atoms with van der Waals surface area (Å²) in [5.41, 5.74) is 4.02. The van der Waals surface area contributed by atoms with Crippen molar-refractivity contribution in [2.24, 2.45) is 0 Å². The average molecular weight is 620 g/mol. The fourth-order valence-electron chi connectivity index (χ4n) is 4.52. The molecule has 1 aliphatic heterocycles. The van der Waals surface area contributed by atoms with Crippen LogP contribution < -0.4 is 14.9 Å². The number of benzene rings is 3. The van der Waals surface area contributed by atoms with Crippen molar-refractivity contribution in [3.8, 4) is 0 Å². The molecule has 3 aromatic rings. The van der Waals surface area contributed by atoms with Gasteiger partial charge in [-0.1, -0.05) is 36.4 Å². The average Bonchev–Trinajstić information content (AvgIpc) is 3.33. The maximum atomic E-state index is 13.3. The van der Waals surface area contributed by atoms with E-state index in [9.17, 15) is 22.8 Å². The van der Waals surface area contributed by atoms with Crippen LogP contribution in [0.1, 0.15) is 28.4 Å². The lowest BCUT2D eigenvalue weighted by atomic mass is 9.99. The molecule has 1 aliphatic rings. The summed E-state index contributed by atoms with van der Waals surface area (Å²) in [5, 5.41) is 6.20. The molecule has 232 valence electrons. The third-order valence-corrected chi connectivity index (χ3v) is 8.63. The van der Waals surface area contributed by atoms with Gasteiger partial charge >= 0.3 is 5.97 Å². The molecule has 44 heavy (non-hydrogen) atoms. The fourth-order valence-corrected chi connectivity index (χ4v) is 6.09. The monoisotopic (exact) mass is 619 g/mol. The Bertz CT molecular complexity index is 1670. The van der Waals surface area contributed by atoms with Crippen molar-refractivity contribution in [2.45, 2.75) is 6.92 Å². The first kappa shape index (κ1) is 32.2. The highest BCUT2D eigenvalue weighted by Gasteiger charge is 2.30. The number of carbonyl (C=O) groups is 3. The first-order valence-electron chi connectivity index (χ1n) is 14.1. The van der Waals surface area contributed by atoms with Crippen LogP contribution in [0.15, 0.2) is 72.8 Å². The maximum Gasteiger partial charge on any atom is 0.338 e. The van der Waals surface area contributed by atoms with Crippen LogP contribution in [0, 0.1) is 0 Å². The molecule has 0 radical (unpaired) electrons. The van der Waals surface area contributed by atoms with Gasteiger partial charge in [0.2, 0.25) is 15.9 Å². The quantitative estimate of drug-likeness (QED) is 0.233. The predicted octanol–water partition coefficient (Wildman–Crippen LogP) is 3.58. The van der Waals surface area contributed by atoms with Crippen molar-refractivity contribution in [3.05, 3.63) is 89.5 Å². The van der Waals surface area contributed by atoms with E-state index < -0.39 is 16.0 Å². The van der Waals surface area contributed by atoms with E-state index in [-0.39, 0.29) is 30.7 Å². The van der Waals surface area contributed by atoms with Gasteiger partial charge in [-0.15, -0.1) is 0 Å². The topological polar surface area (TPSA) is 128 Å². The summed E-state index contributed by atoms with van der Waals surface area (Å²) < 4.78 is 32.8. The third-order valence-electron chi connectivity index (χ3n) is 6.92. The Balaban J connectivity index is 1.72. The molecule has 0 atom stereocenters. The molecule has 0 fully saturated rings.